The van der Waals surface area contributed by atoms with Gasteiger partial charge in [-0.3, -0.25) is 4.90 Å². The number of esters is 1. The number of nitrogens with zero attached hydrogens (tertiary/aromatic N) is 2. The molecule has 1 saturated heterocycles. The van der Waals surface area contributed by atoms with Crippen LogP contribution >= 0.6 is 12.4 Å². The maximum atomic E-state index is 12.2. The molecular weight excluding hydrogens is 404 g/mol. The minimum Gasteiger partial charge on any atom is -0.508 e. The molecule has 1 aliphatic rings. The molecule has 0 amide bonds. The summed E-state index contributed by atoms with van der Waals surface area (Å²) < 4.78 is 10.9. The van der Waals surface area contributed by atoms with Crippen molar-refractivity contribution in [2.75, 3.05) is 50.8 Å². The largest absolute Gasteiger partial charge is 0.508 e. The van der Waals surface area contributed by atoms with Gasteiger partial charge in [-0.15, -0.1) is 12.4 Å². The molecule has 0 unspecified atom stereocenters. The maximum Gasteiger partial charge on any atom is 0.340 e. The fourth-order valence-electron chi connectivity index (χ4n) is 3.51. The second-order valence-electron chi connectivity index (χ2n) is 7.12. The maximum absolute atomic E-state index is 12.2. The van der Waals surface area contributed by atoms with Gasteiger partial charge in [-0.2, -0.15) is 0 Å². The standard InChI is InChI=1S/C23H30N2O4.ClH/c1-2-28-23(27)21-7-3-4-8-22(21)25-16-14-24(15-17-25)13-5-6-18-29-20-11-9-19(26)10-12-20;/h3-4,7-12,26H,2,5-6,13-18H2,1H3;1H. The smallest absolute Gasteiger partial charge is 0.340 e. The number of carbonyl (C=O) groups is 1. The van der Waals surface area contributed by atoms with Crippen molar-refractivity contribution in [2.45, 2.75) is 19.8 Å². The molecule has 6 nitrogen and oxygen atoms in total. The molecular formula is C23H31ClN2O4. The Morgan fingerprint density at radius 1 is 1.00 bits per heavy atom. The van der Waals surface area contributed by atoms with Gasteiger partial charge < -0.3 is 19.5 Å². The number of rotatable bonds is 9. The number of aromatic hydroxyl groups is 1. The number of para-hydroxylation sites is 1. The van der Waals surface area contributed by atoms with Crippen LogP contribution in [0, 0.1) is 0 Å². The second-order valence-corrected chi connectivity index (χ2v) is 7.12. The van der Waals surface area contributed by atoms with E-state index in [-0.39, 0.29) is 24.1 Å². The van der Waals surface area contributed by atoms with Crippen LogP contribution in [0.4, 0.5) is 5.69 Å². The summed E-state index contributed by atoms with van der Waals surface area (Å²) >= 11 is 0. The molecule has 0 aromatic heterocycles. The number of hydrogen-bond acceptors (Lipinski definition) is 6. The van der Waals surface area contributed by atoms with Crippen LogP contribution in [-0.2, 0) is 4.74 Å². The molecule has 3 rings (SSSR count). The number of ether oxygens (including phenoxy) is 2. The molecule has 2 aromatic carbocycles. The fraction of sp³-hybridized carbons (Fsp3) is 0.435. The molecule has 1 N–H and O–H groups in total. The summed E-state index contributed by atoms with van der Waals surface area (Å²) in [6.45, 7) is 7.71. The average molecular weight is 435 g/mol. The fourth-order valence-corrected chi connectivity index (χ4v) is 3.51. The summed E-state index contributed by atoms with van der Waals surface area (Å²) in [4.78, 5) is 16.9. The van der Waals surface area contributed by atoms with Crippen molar-refractivity contribution in [3.63, 3.8) is 0 Å². The molecule has 0 atom stereocenters. The number of phenols is 1. The van der Waals surface area contributed by atoms with Gasteiger partial charge in [-0.1, -0.05) is 12.1 Å². The molecule has 1 heterocycles. The average Bonchev–Trinajstić information content (AvgIpc) is 2.75. The first-order valence-electron chi connectivity index (χ1n) is 10.3. The van der Waals surface area contributed by atoms with E-state index in [2.05, 4.69) is 9.80 Å². The van der Waals surface area contributed by atoms with Gasteiger partial charge in [0.2, 0.25) is 0 Å². The lowest BCUT2D eigenvalue weighted by Gasteiger charge is -2.36. The first kappa shape index (κ1) is 23.8. The molecule has 0 spiro atoms. The highest BCUT2D eigenvalue weighted by molar-refractivity contribution is 5.95. The van der Waals surface area contributed by atoms with Crippen molar-refractivity contribution in [3.8, 4) is 11.5 Å². The highest BCUT2D eigenvalue weighted by atomic mass is 35.5. The third-order valence-electron chi connectivity index (χ3n) is 5.09. The Kier molecular flexibility index (Phi) is 9.77. The Labute approximate surface area is 184 Å². The molecule has 1 aliphatic heterocycles. The minimum absolute atomic E-state index is 0. The molecule has 0 radical (unpaired) electrons. The normalized spacial score (nSPS) is 14.1. The zero-order valence-electron chi connectivity index (χ0n) is 17.5. The van der Waals surface area contributed by atoms with E-state index in [1.165, 1.54) is 0 Å². The van der Waals surface area contributed by atoms with Crippen LogP contribution in [0.2, 0.25) is 0 Å². The Balaban J connectivity index is 0.00000320. The van der Waals surface area contributed by atoms with Crippen LogP contribution in [0.15, 0.2) is 48.5 Å². The summed E-state index contributed by atoms with van der Waals surface area (Å²) in [7, 11) is 0. The van der Waals surface area contributed by atoms with E-state index < -0.39 is 0 Å². The Morgan fingerprint density at radius 2 is 1.70 bits per heavy atom. The van der Waals surface area contributed by atoms with Gasteiger partial charge in [0, 0.05) is 26.2 Å². The zero-order valence-corrected chi connectivity index (χ0v) is 18.3. The van der Waals surface area contributed by atoms with Crippen LogP contribution in [-0.4, -0.2) is 61.9 Å². The molecule has 0 bridgehead atoms. The van der Waals surface area contributed by atoms with Gasteiger partial charge in [-0.05, 0) is 62.7 Å². The molecule has 0 saturated carbocycles. The highest BCUT2D eigenvalue weighted by Crippen LogP contribution is 2.23. The summed E-state index contributed by atoms with van der Waals surface area (Å²) in [6.07, 6.45) is 2.07. The topological polar surface area (TPSA) is 62.2 Å². The SMILES string of the molecule is CCOC(=O)c1ccccc1N1CCN(CCCCOc2ccc(O)cc2)CC1.Cl. The monoisotopic (exact) mass is 434 g/mol. The number of halogens is 1. The van der Waals surface area contributed by atoms with Crippen molar-refractivity contribution >= 4 is 24.1 Å². The number of carbonyl (C=O) groups excluding carboxylic acids is 1. The van der Waals surface area contributed by atoms with Gasteiger partial charge in [0.1, 0.15) is 11.5 Å². The first-order chi connectivity index (χ1) is 14.2. The number of anilines is 1. The molecule has 0 aliphatic carbocycles. The van der Waals surface area contributed by atoms with Gasteiger partial charge in [0.05, 0.1) is 24.5 Å². The van der Waals surface area contributed by atoms with Gasteiger partial charge >= 0.3 is 5.97 Å². The van der Waals surface area contributed by atoms with Crippen molar-refractivity contribution < 1.29 is 19.4 Å². The second kappa shape index (κ2) is 12.3. The number of benzene rings is 2. The Hall–Kier alpha value is -2.44. The number of piperazine rings is 1. The van der Waals surface area contributed by atoms with Crippen molar-refractivity contribution in [1.29, 1.82) is 0 Å². The molecule has 2 aromatic rings. The molecule has 164 valence electrons. The Morgan fingerprint density at radius 3 is 2.40 bits per heavy atom. The first-order valence-corrected chi connectivity index (χ1v) is 10.3. The summed E-state index contributed by atoms with van der Waals surface area (Å²) in [5.74, 6) is 0.789. The lowest BCUT2D eigenvalue weighted by molar-refractivity contribution is 0.0527. The van der Waals surface area contributed by atoms with Gasteiger partial charge in [0.15, 0.2) is 0 Å². The lowest BCUT2D eigenvalue weighted by Crippen LogP contribution is -2.47. The number of phenolic OH excluding ortho intramolecular Hbond substituents is 1. The van der Waals surface area contributed by atoms with Crippen LogP contribution in [0.1, 0.15) is 30.1 Å². The van der Waals surface area contributed by atoms with Crippen LogP contribution in [0.5, 0.6) is 11.5 Å². The number of hydrogen-bond donors (Lipinski definition) is 1. The quantitative estimate of drug-likeness (QED) is 0.476. The zero-order chi connectivity index (χ0) is 20.5. The Bertz CT molecular complexity index is 777. The van der Waals surface area contributed by atoms with E-state index in [0.717, 1.165) is 57.0 Å². The van der Waals surface area contributed by atoms with E-state index in [1.54, 1.807) is 24.3 Å². The van der Waals surface area contributed by atoms with Crippen LogP contribution in [0.3, 0.4) is 0 Å². The highest BCUT2D eigenvalue weighted by Gasteiger charge is 2.21. The van der Waals surface area contributed by atoms with Crippen LogP contribution in [0.25, 0.3) is 0 Å². The van der Waals surface area contributed by atoms with E-state index in [9.17, 15) is 9.90 Å². The van der Waals surface area contributed by atoms with Crippen LogP contribution < -0.4 is 9.64 Å². The summed E-state index contributed by atoms with van der Waals surface area (Å²) in [5.41, 5.74) is 1.61. The predicted molar refractivity (Wildman–Crippen MR) is 121 cm³/mol. The van der Waals surface area contributed by atoms with E-state index >= 15 is 0 Å². The van der Waals surface area contributed by atoms with Crippen molar-refractivity contribution in [3.05, 3.63) is 54.1 Å². The van der Waals surface area contributed by atoms with Gasteiger partial charge in [0.25, 0.3) is 0 Å². The van der Waals surface area contributed by atoms with E-state index in [0.29, 0.717) is 18.8 Å². The van der Waals surface area contributed by atoms with E-state index in [1.807, 2.05) is 31.2 Å². The summed E-state index contributed by atoms with van der Waals surface area (Å²) in [5, 5.41) is 9.28. The lowest BCUT2D eigenvalue weighted by atomic mass is 10.1. The summed E-state index contributed by atoms with van der Waals surface area (Å²) in [6, 6.07) is 14.5. The minimum atomic E-state index is -0.251. The molecule has 7 heteroatoms. The molecule has 1 fully saturated rings. The van der Waals surface area contributed by atoms with Gasteiger partial charge in [-0.25, -0.2) is 4.79 Å². The van der Waals surface area contributed by atoms with Crippen molar-refractivity contribution in [1.82, 2.24) is 4.90 Å². The predicted octanol–water partition coefficient (Wildman–Crippen LogP) is 3.97. The van der Waals surface area contributed by atoms with E-state index in [4.69, 9.17) is 9.47 Å². The van der Waals surface area contributed by atoms with Crippen molar-refractivity contribution in [2.24, 2.45) is 0 Å². The molecule has 30 heavy (non-hydrogen) atoms. The third-order valence-corrected chi connectivity index (χ3v) is 5.09. The third kappa shape index (κ3) is 6.82. The number of unbranched alkanes of at least 4 members (excludes halogenated alkanes) is 1.